The fourth-order valence-electron chi connectivity index (χ4n) is 3.33. The van der Waals surface area contributed by atoms with E-state index in [4.69, 9.17) is 9.72 Å². The number of hydrogen-bond acceptors (Lipinski definition) is 9. The zero-order valence-electron chi connectivity index (χ0n) is 16.1. The van der Waals surface area contributed by atoms with Gasteiger partial charge < -0.3 is 19.6 Å². The van der Waals surface area contributed by atoms with Crippen molar-refractivity contribution in [1.82, 2.24) is 15.0 Å². The molecule has 2 fully saturated rings. The van der Waals surface area contributed by atoms with E-state index in [9.17, 15) is 5.11 Å². The van der Waals surface area contributed by atoms with Gasteiger partial charge in [0.2, 0.25) is 17.8 Å². The molecule has 1 aromatic heterocycles. The molecule has 0 saturated carbocycles. The summed E-state index contributed by atoms with van der Waals surface area (Å²) in [7, 11) is 0. The number of nitrogens with zero attached hydrogens (tertiary/aromatic N) is 6. The van der Waals surface area contributed by atoms with Crippen LogP contribution in [0.15, 0.2) is 27.8 Å². The first kappa shape index (κ1) is 19.8. The Balaban J connectivity index is 1.57. The number of phenolic OH excluding ortho intramolecular Hbond substituents is 1. The molecule has 2 N–H and O–H groups in total. The van der Waals surface area contributed by atoms with Gasteiger partial charge >= 0.3 is 0 Å². The first-order valence-electron chi connectivity index (χ1n) is 9.80. The normalized spacial score (nSPS) is 17.7. The van der Waals surface area contributed by atoms with E-state index in [1.807, 2.05) is 0 Å². The Kier molecular flexibility index (Phi) is 6.40. The van der Waals surface area contributed by atoms with Crippen molar-refractivity contribution in [3.05, 3.63) is 28.2 Å². The molecule has 0 aliphatic carbocycles. The Bertz CT molecular complexity index is 831. The van der Waals surface area contributed by atoms with Crippen molar-refractivity contribution in [1.29, 1.82) is 0 Å². The molecule has 0 unspecified atom stereocenters. The number of morpholine rings is 1. The molecule has 1 aromatic carbocycles. The molecule has 0 radical (unpaired) electrons. The summed E-state index contributed by atoms with van der Waals surface area (Å²) in [6, 6.07) is 5.16. The van der Waals surface area contributed by atoms with Crippen LogP contribution in [0.5, 0.6) is 5.75 Å². The van der Waals surface area contributed by atoms with Gasteiger partial charge in [0.05, 0.1) is 19.4 Å². The fourth-order valence-corrected chi connectivity index (χ4v) is 3.71. The van der Waals surface area contributed by atoms with Gasteiger partial charge in [-0.15, -0.1) is 0 Å². The van der Waals surface area contributed by atoms with E-state index in [2.05, 4.69) is 46.2 Å². The molecular formula is C19H24BrN7O2. The summed E-state index contributed by atoms with van der Waals surface area (Å²) < 4.78 is 6.30. The van der Waals surface area contributed by atoms with Crippen molar-refractivity contribution in [2.24, 2.45) is 5.10 Å². The number of anilines is 3. The van der Waals surface area contributed by atoms with Gasteiger partial charge in [0, 0.05) is 36.2 Å². The minimum absolute atomic E-state index is 0.150. The first-order valence-corrected chi connectivity index (χ1v) is 10.6. The zero-order chi connectivity index (χ0) is 20.1. The van der Waals surface area contributed by atoms with Crippen LogP contribution in [-0.2, 0) is 4.74 Å². The van der Waals surface area contributed by atoms with Gasteiger partial charge in [0.15, 0.2) is 0 Å². The number of aromatic nitrogens is 3. The van der Waals surface area contributed by atoms with Crippen LogP contribution >= 0.6 is 15.9 Å². The van der Waals surface area contributed by atoms with Crippen molar-refractivity contribution in [3.8, 4) is 5.75 Å². The van der Waals surface area contributed by atoms with Crippen molar-refractivity contribution < 1.29 is 9.84 Å². The average Bonchev–Trinajstić information content (AvgIpc) is 2.77. The standard InChI is InChI=1S/C19H24BrN7O2/c20-15-4-5-16(28)14(12-15)13-21-25-17-22-18(26-6-2-1-3-7-26)24-19(23-17)27-8-10-29-11-9-27/h4-5,12-13,28H,1-3,6-11H2,(H,22,23,24,25)/b21-13-. The number of nitrogens with one attached hydrogen (secondary N) is 1. The zero-order valence-corrected chi connectivity index (χ0v) is 17.7. The van der Waals surface area contributed by atoms with Gasteiger partial charge in [-0.05, 0) is 37.5 Å². The summed E-state index contributed by atoms with van der Waals surface area (Å²) in [6.07, 6.45) is 5.06. The van der Waals surface area contributed by atoms with Crippen LogP contribution in [0.25, 0.3) is 0 Å². The Morgan fingerprint density at radius 2 is 1.69 bits per heavy atom. The lowest BCUT2D eigenvalue weighted by Crippen LogP contribution is -2.38. The molecule has 2 aliphatic heterocycles. The molecule has 29 heavy (non-hydrogen) atoms. The Morgan fingerprint density at radius 3 is 2.41 bits per heavy atom. The molecule has 3 heterocycles. The highest BCUT2D eigenvalue weighted by atomic mass is 79.9. The van der Waals surface area contributed by atoms with Crippen LogP contribution in [0.4, 0.5) is 17.8 Å². The summed E-state index contributed by atoms with van der Waals surface area (Å²) in [5, 5.41) is 14.2. The third-order valence-corrected chi connectivity index (χ3v) is 5.40. The molecule has 10 heteroatoms. The second-order valence-corrected chi connectivity index (χ2v) is 7.89. The highest BCUT2D eigenvalue weighted by Crippen LogP contribution is 2.22. The third kappa shape index (κ3) is 5.13. The molecule has 2 saturated heterocycles. The molecule has 0 atom stereocenters. The highest BCUT2D eigenvalue weighted by molar-refractivity contribution is 9.10. The van der Waals surface area contributed by atoms with E-state index in [-0.39, 0.29) is 5.75 Å². The number of halogens is 1. The number of hydrazone groups is 1. The van der Waals surface area contributed by atoms with Crippen molar-refractivity contribution in [3.63, 3.8) is 0 Å². The Hall–Kier alpha value is -2.46. The summed E-state index contributed by atoms with van der Waals surface area (Å²) >= 11 is 3.39. The minimum Gasteiger partial charge on any atom is -0.507 e. The van der Waals surface area contributed by atoms with Gasteiger partial charge in [-0.1, -0.05) is 15.9 Å². The van der Waals surface area contributed by atoms with E-state index < -0.39 is 0 Å². The SMILES string of the molecule is Oc1ccc(Br)cc1/C=N\Nc1nc(N2CCCCC2)nc(N2CCOCC2)n1. The molecular weight excluding hydrogens is 438 g/mol. The number of ether oxygens (including phenoxy) is 1. The second kappa shape index (κ2) is 9.36. The number of aromatic hydroxyl groups is 1. The predicted octanol–water partition coefficient (Wildman–Crippen LogP) is 2.61. The molecule has 0 bridgehead atoms. The van der Waals surface area contributed by atoms with Crippen LogP contribution in [0.3, 0.4) is 0 Å². The summed E-state index contributed by atoms with van der Waals surface area (Å²) in [6.45, 7) is 4.71. The van der Waals surface area contributed by atoms with Gasteiger partial charge in [-0.25, -0.2) is 5.43 Å². The van der Waals surface area contributed by atoms with Crippen LogP contribution in [0.1, 0.15) is 24.8 Å². The lowest BCUT2D eigenvalue weighted by molar-refractivity contribution is 0.122. The van der Waals surface area contributed by atoms with Gasteiger partial charge in [0.25, 0.3) is 0 Å². The monoisotopic (exact) mass is 461 g/mol. The number of hydrogen-bond donors (Lipinski definition) is 2. The fraction of sp³-hybridized carbons (Fsp3) is 0.474. The Labute approximate surface area is 177 Å². The van der Waals surface area contributed by atoms with Gasteiger partial charge in [-0.3, -0.25) is 0 Å². The lowest BCUT2D eigenvalue weighted by Gasteiger charge is -2.30. The number of rotatable bonds is 5. The number of piperidine rings is 1. The molecule has 4 rings (SSSR count). The van der Waals surface area contributed by atoms with Crippen LogP contribution in [0.2, 0.25) is 0 Å². The summed E-state index contributed by atoms with van der Waals surface area (Å²) in [5.74, 6) is 1.83. The van der Waals surface area contributed by atoms with Crippen molar-refractivity contribution in [2.75, 3.05) is 54.6 Å². The quantitative estimate of drug-likeness (QED) is 0.517. The summed E-state index contributed by atoms with van der Waals surface area (Å²) in [5.41, 5.74) is 3.48. The maximum absolute atomic E-state index is 9.95. The predicted molar refractivity (Wildman–Crippen MR) is 116 cm³/mol. The largest absolute Gasteiger partial charge is 0.507 e. The molecule has 154 valence electrons. The highest BCUT2D eigenvalue weighted by Gasteiger charge is 2.20. The molecule has 9 nitrogen and oxygen atoms in total. The van der Waals surface area contributed by atoms with Gasteiger partial charge in [-0.2, -0.15) is 20.1 Å². The third-order valence-electron chi connectivity index (χ3n) is 4.90. The molecule has 2 aromatic rings. The maximum Gasteiger partial charge on any atom is 0.250 e. The van der Waals surface area contributed by atoms with E-state index in [1.165, 1.54) is 6.42 Å². The van der Waals surface area contributed by atoms with E-state index >= 15 is 0 Å². The topological polar surface area (TPSA) is 99.0 Å². The average molecular weight is 462 g/mol. The maximum atomic E-state index is 9.95. The van der Waals surface area contributed by atoms with Crippen LogP contribution < -0.4 is 15.2 Å². The van der Waals surface area contributed by atoms with Crippen molar-refractivity contribution >= 4 is 40.0 Å². The minimum atomic E-state index is 0.150. The number of benzene rings is 1. The summed E-state index contributed by atoms with van der Waals surface area (Å²) in [4.78, 5) is 18.1. The lowest BCUT2D eigenvalue weighted by atomic mass is 10.1. The van der Waals surface area contributed by atoms with Crippen molar-refractivity contribution in [2.45, 2.75) is 19.3 Å². The van der Waals surface area contributed by atoms with Crippen LogP contribution in [0, 0.1) is 0 Å². The Morgan fingerprint density at radius 1 is 1.00 bits per heavy atom. The smallest absolute Gasteiger partial charge is 0.250 e. The number of phenols is 1. The van der Waals surface area contributed by atoms with E-state index in [0.717, 1.165) is 43.5 Å². The van der Waals surface area contributed by atoms with Gasteiger partial charge in [0.1, 0.15) is 5.75 Å². The van der Waals surface area contributed by atoms with E-state index in [0.29, 0.717) is 36.6 Å². The van der Waals surface area contributed by atoms with E-state index in [1.54, 1.807) is 24.4 Å². The molecule has 0 amide bonds. The first-order chi connectivity index (χ1) is 14.2. The second-order valence-electron chi connectivity index (χ2n) is 6.98. The van der Waals surface area contributed by atoms with Crippen LogP contribution in [-0.4, -0.2) is 65.7 Å². The molecule has 0 spiro atoms. The molecule has 2 aliphatic rings.